The first kappa shape index (κ1) is 35.1. The lowest BCUT2D eigenvalue weighted by Crippen LogP contribution is -2.55. The highest BCUT2D eigenvalue weighted by Gasteiger charge is 2.35. The van der Waals surface area contributed by atoms with Gasteiger partial charge < -0.3 is 29.7 Å². The third-order valence-corrected chi connectivity index (χ3v) is 7.40. The first-order chi connectivity index (χ1) is 21.8. The Labute approximate surface area is 265 Å². The lowest BCUT2D eigenvalue weighted by molar-refractivity contribution is -0.145. The Morgan fingerprint density at radius 2 is 1.64 bits per heavy atom. The van der Waals surface area contributed by atoms with E-state index >= 15 is 0 Å². The van der Waals surface area contributed by atoms with Crippen LogP contribution in [0, 0.1) is 0 Å². The molecule has 2 aromatic rings. The van der Waals surface area contributed by atoms with E-state index in [1.54, 1.807) is 24.8 Å². The van der Waals surface area contributed by atoms with E-state index in [1.807, 2.05) is 30.3 Å². The molecule has 2 atom stereocenters. The number of ether oxygens (including phenoxy) is 3. The summed E-state index contributed by atoms with van der Waals surface area (Å²) in [5, 5.41) is 5.84. The largest absolute Gasteiger partial charge is 0.481 e. The van der Waals surface area contributed by atoms with Crippen molar-refractivity contribution in [3.05, 3.63) is 65.2 Å². The maximum Gasteiger partial charge on any atom is 0.344 e. The van der Waals surface area contributed by atoms with Crippen LogP contribution in [0.3, 0.4) is 0 Å². The molecule has 11 nitrogen and oxygen atoms in total. The minimum Gasteiger partial charge on any atom is -0.481 e. The number of amides is 3. The van der Waals surface area contributed by atoms with Gasteiger partial charge in [0.05, 0.1) is 13.2 Å². The minimum atomic E-state index is -0.989. The second-order valence-electron chi connectivity index (χ2n) is 10.8. The Kier molecular flexibility index (Phi) is 14.3. The topological polar surface area (TPSA) is 140 Å². The van der Waals surface area contributed by atoms with Crippen molar-refractivity contribution in [3.63, 3.8) is 0 Å². The molecule has 1 aliphatic rings. The number of carbonyl (C=O) groups excluding carboxylic acids is 5. The van der Waals surface area contributed by atoms with Gasteiger partial charge >= 0.3 is 11.9 Å². The maximum absolute atomic E-state index is 13.9. The van der Waals surface area contributed by atoms with Gasteiger partial charge in [-0.1, -0.05) is 56.2 Å². The molecule has 0 spiro atoms. The maximum atomic E-state index is 13.9. The first-order valence-corrected chi connectivity index (χ1v) is 15.8. The highest BCUT2D eigenvalue weighted by molar-refractivity contribution is 5.94. The van der Waals surface area contributed by atoms with Crippen molar-refractivity contribution in [3.8, 4) is 5.75 Å². The van der Waals surface area contributed by atoms with Gasteiger partial charge in [-0.3, -0.25) is 14.4 Å². The summed E-state index contributed by atoms with van der Waals surface area (Å²) < 4.78 is 15.7. The molecule has 2 unspecified atom stereocenters. The molecule has 0 radical (unpaired) electrons. The summed E-state index contributed by atoms with van der Waals surface area (Å²) in [5.41, 5.74) is 1.54. The van der Waals surface area contributed by atoms with E-state index in [9.17, 15) is 24.0 Å². The van der Waals surface area contributed by atoms with E-state index in [0.29, 0.717) is 37.9 Å². The molecule has 2 aromatic carbocycles. The van der Waals surface area contributed by atoms with Gasteiger partial charge in [0, 0.05) is 32.4 Å². The van der Waals surface area contributed by atoms with E-state index in [0.717, 1.165) is 24.8 Å². The molecule has 1 saturated heterocycles. The lowest BCUT2D eigenvalue weighted by atomic mass is 10.00. The SMILES string of the molecule is CCCCCNC(=O)C(Cc1ccc(OCC(=O)OCC)c(C(=O)OCC)c1)NC(=O)C(Cc1ccccc1)N1CCCC1=O. The van der Waals surface area contributed by atoms with Gasteiger partial charge in [0.25, 0.3) is 0 Å². The van der Waals surface area contributed by atoms with Gasteiger partial charge in [-0.25, -0.2) is 9.59 Å². The van der Waals surface area contributed by atoms with Gasteiger partial charge in [0.1, 0.15) is 23.4 Å². The first-order valence-electron chi connectivity index (χ1n) is 15.8. The zero-order valence-electron chi connectivity index (χ0n) is 26.5. The number of hydrogen-bond acceptors (Lipinski definition) is 8. The number of nitrogens with one attached hydrogen (secondary N) is 2. The summed E-state index contributed by atoms with van der Waals surface area (Å²) in [6.07, 6.45) is 4.14. The molecule has 0 bridgehead atoms. The number of unbranched alkanes of at least 4 members (excludes halogenated alkanes) is 2. The Balaban J connectivity index is 1.88. The van der Waals surface area contributed by atoms with Crippen LogP contribution in [-0.4, -0.2) is 79.6 Å². The molecule has 0 saturated carbocycles. The van der Waals surface area contributed by atoms with E-state index in [-0.39, 0.29) is 42.8 Å². The fourth-order valence-corrected chi connectivity index (χ4v) is 5.14. The second kappa shape index (κ2) is 18.4. The number of esters is 2. The molecule has 0 aromatic heterocycles. The van der Waals surface area contributed by atoms with E-state index < -0.39 is 36.5 Å². The second-order valence-corrected chi connectivity index (χ2v) is 10.8. The monoisotopic (exact) mass is 623 g/mol. The van der Waals surface area contributed by atoms with Gasteiger partial charge in [0.2, 0.25) is 17.7 Å². The number of hydrogen-bond donors (Lipinski definition) is 2. The summed E-state index contributed by atoms with van der Waals surface area (Å²) in [7, 11) is 0. The predicted octanol–water partition coefficient (Wildman–Crippen LogP) is 3.37. The molecule has 45 heavy (non-hydrogen) atoms. The third kappa shape index (κ3) is 10.9. The molecular weight excluding hydrogens is 578 g/mol. The molecule has 1 aliphatic heterocycles. The van der Waals surface area contributed by atoms with Crippen LogP contribution >= 0.6 is 0 Å². The summed E-state index contributed by atoms with van der Waals surface area (Å²) in [5.74, 6) is -2.00. The summed E-state index contributed by atoms with van der Waals surface area (Å²) in [6, 6.07) is 12.4. The van der Waals surface area contributed by atoms with Crippen molar-refractivity contribution in [2.24, 2.45) is 0 Å². The van der Waals surface area contributed by atoms with Crippen LogP contribution in [0.25, 0.3) is 0 Å². The van der Waals surface area contributed by atoms with Crippen molar-refractivity contribution in [1.82, 2.24) is 15.5 Å². The smallest absolute Gasteiger partial charge is 0.344 e. The number of benzene rings is 2. The summed E-state index contributed by atoms with van der Waals surface area (Å²) in [4.78, 5) is 66.3. The van der Waals surface area contributed by atoms with Crippen LogP contribution in [0.1, 0.15) is 74.4 Å². The average molecular weight is 624 g/mol. The van der Waals surface area contributed by atoms with Gasteiger partial charge in [-0.15, -0.1) is 0 Å². The van der Waals surface area contributed by atoms with Crippen molar-refractivity contribution < 1.29 is 38.2 Å². The number of likely N-dealkylation sites (tertiary alicyclic amines) is 1. The van der Waals surface area contributed by atoms with Crippen LogP contribution < -0.4 is 15.4 Å². The molecule has 1 heterocycles. The molecule has 1 fully saturated rings. The zero-order valence-corrected chi connectivity index (χ0v) is 26.5. The fraction of sp³-hybridized carbons (Fsp3) is 0.500. The van der Waals surface area contributed by atoms with Gasteiger partial charge in [0.15, 0.2) is 6.61 Å². The van der Waals surface area contributed by atoms with Crippen molar-refractivity contribution in [2.45, 2.75) is 77.8 Å². The van der Waals surface area contributed by atoms with Crippen LogP contribution in [0.5, 0.6) is 5.75 Å². The van der Waals surface area contributed by atoms with E-state index in [4.69, 9.17) is 14.2 Å². The molecular formula is C34H45N3O8. The van der Waals surface area contributed by atoms with Gasteiger partial charge in [-0.05, 0) is 49.9 Å². The van der Waals surface area contributed by atoms with Crippen LogP contribution in [0.4, 0.5) is 0 Å². The normalized spacial score (nSPS) is 13.9. The predicted molar refractivity (Wildman–Crippen MR) is 168 cm³/mol. The Hall–Kier alpha value is -4.41. The standard InChI is InChI=1S/C34H45N3O8/c1-4-7-11-18-35-32(40)27(36-33(41)28(37-19-12-15-30(37)38)22-24-13-9-8-10-14-24)21-25-16-17-29(45-23-31(39)43-5-2)26(20-25)34(42)44-6-3/h8-10,13-14,16-17,20,27-28H,4-7,11-12,15,18-19,21-23H2,1-3H3,(H,35,40)(H,36,41). The van der Waals surface area contributed by atoms with Crippen molar-refractivity contribution >= 4 is 29.7 Å². The molecule has 11 heteroatoms. The van der Waals surface area contributed by atoms with Crippen molar-refractivity contribution in [2.75, 3.05) is 32.9 Å². The quantitative estimate of drug-likeness (QED) is 0.190. The fourth-order valence-electron chi connectivity index (χ4n) is 5.14. The van der Waals surface area contributed by atoms with Crippen molar-refractivity contribution in [1.29, 1.82) is 0 Å². The lowest BCUT2D eigenvalue weighted by Gasteiger charge is -2.29. The molecule has 3 rings (SSSR count). The highest BCUT2D eigenvalue weighted by atomic mass is 16.6. The van der Waals surface area contributed by atoms with E-state index in [1.165, 1.54) is 12.1 Å². The molecule has 3 amide bonds. The van der Waals surface area contributed by atoms with Crippen LogP contribution in [0.2, 0.25) is 0 Å². The van der Waals surface area contributed by atoms with Crippen LogP contribution in [-0.2, 0) is 41.5 Å². The molecule has 244 valence electrons. The third-order valence-electron chi connectivity index (χ3n) is 7.40. The molecule has 0 aliphatic carbocycles. The zero-order chi connectivity index (χ0) is 32.6. The Morgan fingerprint density at radius 3 is 2.31 bits per heavy atom. The van der Waals surface area contributed by atoms with Gasteiger partial charge in [-0.2, -0.15) is 0 Å². The average Bonchev–Trinajstić information content (AvgIpc) is 3.46. The number of nitrogens with zero attached hydrogens (tertiary/aromatic N) is 1. The van der Waals surface area contributed by atoms with E-state index in [2.05, 4.69) is 17.6 Å². The summed E-state index contributed by atoms with van der Waals surface area (Å²) >= 11 is 0. The minimum absolute atomic E-state index is 0.0575. The number of carbonyl (C=O) groups is 5. The number of rotatable bonds is 18. The Bertz CT molecular complexity index is 1300. The molecule has 2 N–H and O–H groups in total. The Morgan fingerprint density at radius 1 is 0.889 bits per heavy atom. The highest BCUT2D eigenvalue weighted by Crippen LogP contribution is 2.23. The summed E-state index contributed by atoms with van der Waals surface area (Å²) in [6.45, 7) is 6.26. The van der Waals surface area contributed by atoms with Crippen LogP contribution in [0.15, 0.2) is 48.5 Å².